The molecule has 0 heterocycles. The molecule has 0 aliphatic carbocycles. The molecule has 178 valence electrons. The normalized spacial score (nSPS) is 11.6. The van der Waals surface area contributed by atoms with Crippen LogP contribution >= 0.6 is 0 Å². The lowest BCUT2D eigenvalue weighted by atomic mass is 9.94. The van der Waals surface area contributed by atoms with Gasteiger partial charge < -0.3 is 20.3 Å². The standard InChI is InChI=1S/C30H29NO4/c1-21(30(32)33)17-25-13-8-14-26(29(25)31)24-15-16-27(34-19-22-9-4-2-5-10-22)28(18-24)35-20-23-11-6-3-7-12-23/h2-16,18,21H,17,19-20,31H2,1H3,(H,32,33)/t21-/m0/s1. The van der Waals surface area contributed by atoms with Crippen LogP contribution in [0.2, 0.25) is 0 Å². The molecule has 0 radical (unpaired) electrons. The lowest BCUT2D eigenvalue weighted by Crippen LogP contribution is -2.13. The van der Waals surface area contributed by atoms with Gasteiger partial charge in [0.2, 0.25) is 0 Å². The third kappa shape index (κ3) is 6.21. The molecule has 3 N–H and O–H groups in total. The zero-order chi connectivity index (χ0) is 24.6. The van der Waals surface area contributed by atoms with Gasteiger partial charge in [-0.25, -0.2) is 0 Å². The summed E-state index contributed by atoms with van der Waals surface area (Å²) in [5.74, 6) is -0.105. The smallest absolute Gasteiger partial charge is 0.306 e. The van der Waals surface area contributed by atoms with Gasteiger partial charge in [0, 0.05) is 11.3 Å². The van der Waals surface area contributed by atoms with Gasteiger partial charge >= 0.3 is 5.97 Å². The van der Waals surface area contributed by atoms with Crippen LogP contribution in [0.3, 0.4) is 0 Å². The third-order valence-corrected chi connectivity index (χ3v) is 5.87. The number of para-hydroxylation sites is 1. The number of carboxylic acids is 1. The second-order valence-corrected chi connectivity index (χ2v) is 8.53. The number of rotatable bonds is 10. The van der Waals surface area contributed by atoms with Gasteiger partial charge in [-0.1, -0.05) is 91.9 Å². The summed E-state index contributed by atoms with van der Waals surface area (Å²) >= 11 is 0. The highest BCUT2D eigenvalue weighted by molar-refractivity contribution is 5.80. The average molecular weight is 468 g/mol. The number of benzene rings is 4. The summed E-state index contributed by atoms with van der Waals surface area (Å²) in [6.45, 7) is 2.51. The van der Waals surface area contributed by atoms with Gasteiger partial charge in [-0.2, -0.15) is 0 Å². The second kappa shape index (κ2) is 11.3. The quantitative estimate of drug-likeness (QED) is 0.265. The largest absolute Gasteiger partial charge is 0.485 e. The van der Waals surface area contributed by atoms with Crippen LogP contribution < -0.4 is 15.2 Å². The minimum Gasteiger partial charge on any atom is -0.485 e. The summed E-state index contributed by atoms with van der Waals surface area (Å²) in [5.41, 5.74) is 11.7. The van der Waals surface area contributed by atoms with Crippen molar-refractivity contribution in [2.45, 2.75) is 26.6 Å². The Balaban J connectivity index is 1.63. The number of anilines is 1. The van der Waals surface area contributed by atoms with Crippen LogP contribution in [0.25, 0.3) is 11.1 Å². The van der Waals surface area contributed by atoms with Crippen LogP contribution in [0, 0.1) is 5.92 Å². The van der Waals surface area contributed by atoms with Crippen molar-refractivity contribution in [3.63, 3.8) is 0 Å². The highest BCUT2D eigenvalue weighted by atomic mass is 16.5. The van der Waals surface area contributed by atoms with Crippen molar-refractivity contribution in [3.05, 3.63) is 114 Å². The molecular formula is C30H29NO4. The van der Waals surface area contributed by atoms with Crippen LogP contribution in [-0.2, 0) is 24.4 Å². The van der Waals surface area contributed by atoms with Crippen LogP contribution in [-0.4, -0.2) is 11.1 Å². The van der Waals surface area contributed by atoms with Crippen molar-refractivity contribution < 1.29 is 19.4 Å². The third-order valence-electron chi connectivity index (χ3n) is 5.87. The fourth-order valence-corrected chi connectivity index (χ4v) is 3.84. The first-order chi connectivity index (χ1) is 17.0. The molecular weight excluding hydrogens is 438 g/mol. The van der Waals surface area contributed by atoms with Crippen molar-refractivity contribution >= 4 is 11.7 Å². The van der Waals surface area contributed by atoms with Crippen molar-refractivity contribution in [1.29, 1.82) is 0 Å². The zero-order valence-corrected chi connectivity index (χ0v) is 19.7. The lowest BCUT2D eigenvalue weighted by Gasteiger charge is -2.17. The molecule has 0 amide bonds. The Morgan fingerprint density at radius 1 is 0.800 bits per heavy atom. The van der Waals surface area contributed by atoms with E-state index in [-0.39, 0.29) is 0 Å². The number of carboxylic acid groups (broad SMARTS) is 1. The molecule has 4 rings (SSSR count). The Labute approximate surface area is 205 Å². The maximum atomic E-state index is 11.3. The molecule has 4 aromatic carbocycles. The van der Waals surface area contributed by atoms with Crippen molar-refractivity contribution in [2.75, 3.05) is 5.73 Å². The van der Waals surface area contributed by atoms with Gasteiger partial charge in [-0.05, 0) is 40.8 Å². The fraction of sp³-hybridized carbons (Fsp3) is 0.167. The summed E-state index contributed by atoms with van der Waals surface area (Å²) in [6.07, 6.45) is 0.366. The maximum Gasteiger partial charge on any atom is 0.306 e. The Kier molecular flexibility index (Phi) is 7.68. The van der Waals surface area contributed by atoms with E-state index in [0.717, 1.165) is 27.8 Å². The first-order valence-electron chi connectivity index (χ1n) is 11.6. The number of hydrogen-bond donors (Lipinski definition) is 2. The molecule has 35 heavy (non-hydrogen) atoms. The lowest BCUT2D eigenvalue weighted by molar-refractivity contribution is -0.141. The minimum absolute atomic E-state index is 0.366. The van der Waals surface area contributed by atoms with Crippen molar-refractivity contribution in [3.8, 4) is 22.6 Å². The van der Waals surface area contributed by atoms with Gasteiger partial charge in [-0.3, -0.25) is 4.79 Å². The number of carbonyl (C=O) groups is 1. The Morgan fingerprint density at radius 2 is 1.40 bits per heavy atom. The Hall–Kier alpha value is -4.25. The van der Waals surface area contributed by atoms with Crippen LogP contribution in [0.1, 0.15) is 23.6 Å². The molecule has 0 fully saturated rings. The van der Waals surface area contributed by atoms with E-state index in [9.17, 15) is 9.90 Å². The van der Waals surface area contributed by atoms with Crippen LogP contribution in [0.15, 0.2) is 97.1 Å². The predicted octanol–water partition coefficient (Wildman–Crippen LogP) is 6.36. The predicted molar refractivity (Wildman–Crippen MR) is 138 cm³/mol. The summed E-state index contributed by atoms with van der Waals surface area (Å²) in [6, 6.07) is 31.4. The number of ether oxygens (including phenoxy) is 2. The number of aliphatic carboxylic acids is 1. The molecule has 0 bridgehead atoms. The van der Waals surface area contributed by atoms with E-state index in [1.54, 1.807) is 6.92 Å². The highest BCUT2D eigenvalue weighted by Gasteiger charge is 2.16. The first kappa shape index (κ1) is 23.9. The van der Waals surface area contributed by atoms with Crippen molar-refractivity contribution in [1.82, 2.24) is 0 Å². The molecule has 5 heteroatoms. The highest BCUT2D eigenvalue weighted by Crippen LogP contribution is 2.37. The molecule has 0 aliphatic rings. The van der Waals surface area contributed by atoms with Gasteiger partial charge in [0.25, 0.3) is 0 Å². The number of nitrogens with two attached hydrogens (primary N) is 1. The monoisotopic (exact) mass is 467 g/mol. The van der Waals surface area contributed by atoms with Gasteiger partial charge in [0.05, 0.1) is 5.92 Å². The molecule has 0 unspecified atom stereocenters. The molecule has 5 nitrogen and oxygen atoms in total. The number of hydrogen-bond acceptors (Lipinski definition) is 4. The van der Waals surface area contributed by atoms with E-state index in [1.165, 1.54) is 0 Å². The van der Waals surface area contributed by atoms with E-state index >= 15 is 0 Å². The Morgan fingerprint density at radius 3 is 2.00 bits per heavy atom. The van der Waals surface area contributed by atoms with Gasteiger partial charge in [0.1, 0.15) is 13.2 Å². The van der Waals surface area contributed by atoms with Gasteiger partial charge in [0.15, 0.2) is 11.5 Å². The molecule has 0 saturated carbocycles. The average Bonchev–Trinajstić information content (AvgIpc) is 2.89. The van der Waals surface area contributed by atoms with E-state index in [0.29, 0.717) is 36.8 Å². The van der Waals surface area contributed by atoms with E-state index in [2.05, 4.69) is 0 Å². The SMILES string of the molecule is C[C@@H](Cc1cccc(-c2ccc(OCc3ccccc3)c(OCc3ccccc3)c2)c1N)C(=O)O. The summed E-state index contributed by atoms with van der Waals surface area (Å²) in [7, 11) is 0. The topological polar surface area (TPSA) is 81.8 Å². The molecule has 0 aliphatic heterocycles. The number of nitrogen functional groups attached to an aromatic ring is 1. The first-order valence-corrected chi connectivity index (χ1v) is 11.6. The van der Waals surface area contributed by atoms with E-state index in [1.807, 2.05) is 97.1 Å². The zero-order valence-electron chi connectivity index (χ0n) is 19.7. The fourth-order valence-electron chi connectivity index (χ4n) is 3.84. The van der Waals surface area contributed by atoms with Crippen LogP contribution in [0.4, 0.5) is 5.69 Å². The Bertz CT molecular complexity index is 1270. The van der Waals surface area contributed by atoms with Crippen LogP contribution in [0.5, 0.6) is 11.5 Å². The summed E-state index contributed by atoms with van der Waals surface area (Å²) in [5, 5.41) is 9.30. The van der Waals surface area contributed by atoms with Crippen molar-refractivity contribution in [2.24, 2.45) is 5.92 Å². The summed E-state index contributed by atoms with van der Waals surface area (Å²) in [4.78, 5) is 11.3. The molecule has 1 atom stereocenters. The maximum absolute atomic E-state index is 11.3. The van der Waals surface area contributed by atoms with E-state index in [4.69, 9.17) is 15.2 Å². The molecule has 0 saturated heterocycles. The molecule has 4 aromatic rings. The summed E-state index contributed by atoms with van der Waals surface area (Å²) < 4.78 is 12.3. The minimum atomic E-state index is -0.841. The molecule has 0 aromatic heterocycles. The second-order valence-electron chi connectivity index (χ2n) is 8.53. The molecule has 0 spiro atoms. The van der Waals surface area contributed by atoms with E-state index < -0.39 is 11.9 Å². The van der Waals surface area contributed by atoms with Gasteiger partial charge in [-0.15, -0.1) is 0 Å².